The number of aliphatic imine (C=N–C) groups is 1. The van der Waals surface area contributed by atoms with Crippen molar-refractivity contribution in [3.8, 4) is 11.5 Å². The summed E-state index contributed by atoms with van der Waals surface area (Å²) in [7, 11) is 1.55. The second-order valence-corrected chi connectivity index (χ2v) is 7.37. The molecule has 7 heteroatoms. The summed E-state index contributed by atoms with van der Waals surface area (Å²) in [5.74, 6) is 2.05. The molecule has 0 amide bonds. The monoisotopic (exact) mass is 406 g/mol. The molecule has 3 N–H and O–H groups in total. The Morgan fingerprint density at radius 1 is 1.21 bits per heavy atom. The Morgan fingerprint density at radius 2 is 1.93 bits per heavy atom. The molecule has 1 unspecified atom stereocenters. The van der Waals surface area contributed by atoms with Crippen molar-refractivity contribution < 1.29 is 14.6 Å². The van der Waals surface area contributed by atoms with E-state index in [0.29, 0.717) is 24.3 Å². The van der Waals surface area contributed by atoms with E-state index in [-0.39, 0.29) is 5.75 Å². The van der Waals surface area contributed by atoms with Crippen molar-refractivity contribution in [1.82, 2.24) is 15.5 Å². The fraction of sp³-hybridized carbons (Fsp3) is 0.682. The quantitative estimate of drug-likeness (QED) is 0.410. The third-order valence-corrected chi connectivity index (χ3v) is 5.59. The molecule has 0 aliphatic carbocycles. The lowest BCUT2D eigenvalue weighted by Crippen LogP contribution is -2.53. The maximum atomic E-state index is 9.98. The van der Waals surface area contributed by atoms with E-state index in [0.717, 1.165) is 50.9 Å². The molecular weight excluding hydrogens is 368 g/mol. The van der Waals surface area contributed by atoms with Gasteiger partial charge in [-0.3, -0.25) is 4.90 Å². The molecule has 0 bridgehead atoms. The van der Waals surface area contributed by atoms with Crippen LogP contribution in [0.5, 0.6) is 11.5 Å². The number of nitrogens with zero attached hydrogens (tertiary/aromatic N) is 2. The number of guanidine groups is 1. The summed E-state index contributed by atoms with van der Waals surface area (Å²) in [6.45, 7) is 12.4. The van der Waals surface area contributed by atoms with Gasteiger partial charge in [-0.15, -0.1) is 0 Å². The highest BCUT2D eigenvalue weighted by atomic mass is 16.5. The maximum Gasteiger partial charge on any atom is 0.191 e. The van der Waals surface area contributed by atoms with Gasteiger partial charge in [-0.1, -0.05) is 32.8 Å². The summed E-state index contributed by atoms with van der Waals surface area (Å²) in [4.78, 5) is 7.26. The number of hydrogen-bond donors (Lipinski definition) is 3. The second-order valence-electron chi connectivity index (χ2n) is 7.37. The average Bonchev–Trinajstić information content (AvgIpc) is 2.75. The summed E-state index contributed by atoms with van der Waals surface area (Å²) < 4.78 is 10.7. The molecule has 0 aromatic heterocycles. The Hall–Kier alpha value is -1.99. The van der Waals surface area contributed by atoms with Crippen LogP contribution in [-0.4, -0.2) is 68.5 Å². The van der Waals surface area contributed by atoms with Crippen molar-refractivity contribution >= 4 is 5.96 Å². The molecule has 1 aliphatic rings. The van der Waals surface area contributed by atoms with E-state index in [1.54, 1.807) is 19.2 Å². The minimum atomic E-state index is 0.138. The summed E-state index contributed by atoms with van der Waals surface area (Å²) in [6.07, 6.45) is 2.33. The lowest BCUT2D eigenvalue weighted by Gasteiger charge is -2.39. The van der Waals surface area contributed by atoms with E-state index >= 15 is 0 Å². The van der Waals surface area contributed by atoms with E-state index in [1.807, 2.05) is 6.07 Å². The topological polar surface area (TPSA) is 78.4 Å². The van der Waals surface area contributed by atoms with Crippen LogP contribution in [0.15, 0.2) is 23.2 Å². The lowest BCUT2D eigenvalue weighted by molar-refractivity contribution is 0.00272. The van der Waals surface area contributed by atoms with Crippen molar-refractivity contribution in [1.29, 1.82) is 0 Å². The van der Waals surface area contributed by atoms with Crippen LogP contribution in [0.3, 0.4) is 0 Å². The minimum absolute atomic E-state index is 0.138. The van der Waals surface area contributed by atoms with Gasteiger partial charge in [0.1, 0.15) is 0 Å². The summed E-state index contributed by atoms with van der Waals surface area (Å²) >= 11 is 0. The van der Waals surface area contributed by atoms with Gasteiger partial charge < -0.3 is 25.2 Å². The number of aromatic hydroxyl groups is 1. The van der Waals surface area contributed by atoms with E-state index in [4.69, 9.17) is 14.5 Å². The zero-order valence-electron chi connectivity index (χ0n) is 18.4. The van der Waals surface area contributed by atoms with Crippen LogP contribution in [0.2, 0.25) is 0 Å². The molecule has 29 heavy (non-hydrogen) atoms. The molecule has 1 aromatic carbocycles. The predicted octanol–water partition coefficient (Wildman–Crippen LogP) is 2.59. The first kappa shape index (κ1) is 23.3. The molecule has 1 atom stereocenters. The number of morpholine rings is 1. The van der Waals surface area contributed by atoms with Crippen molar-refractivity contribution in [2.75, 3.05) is 46.5 Å². The number of ether oxygens (including phenoxy) is 2. The Bertz CT molecular complexity index is 628. The highest BCUT2D eigenvalue weighted by molar-refractivity contribution is 5.79. The summed E-state index contributed by atoms with van der Waals surface area (Å²) in [6, 6.07) is 5.85. The van der Waals surface area contributed by atoms with Gasteiger partial charge in [-0.25, -0.2) is 4.99 Å². The standard InChI is InChI=1S/C22H38N4O3/c1-5-18(6-2)19(26-10-12-29-13-11-26)16-25-22(23-7-3)24-15-17-8-9-21(28-4)20(27)14-17/h8-9,14,18-19,27H,5-7,10-13,15-16H2,1-4H3,(H2,23,24,25). The minimum Gasteiger partial charge on any atom is -0.504 e. The fourth-order valence-corrected chi connectivity index (χ4v) is 3.88. The maximum absolute atomic E-state index is 9.98. The highest BCUT2D eigenvalue weighted by Crippen LogP contribution is 2.26. The van der Waals surface area contributed by atoms with Crippen molar-refractivity contribution in [3.05, 3.63) is 23.8 Å². The first-order chi connectivity index (χ1) is 14.1. The van der Waals surface area contributed by atoms with Crippen LogP contribution < -0.4 is 15.4 Å². The van der Waals surface area contributed by atoms with Crippen LogP contribution >= 0.6 is 0 Å². The largest absolute Gasteiger partial charge is 0.504 e. The fourth-order valence-electron chi connectivity index (χ4n) is 3.88. The normalized spacial score (nSPS) is 16.7. The van der Waals surface area contributed by atoms with Gasteiger partial charge in [-0.2, -0.15) is 0 Å². The predicted molar refractivity (Wildman–Crippen MR) is 118 cm³/mol. The second kappa shape index (κ2) is 12.5. The first-order valence-electron chi connectivity index (χ1n) is 10.8. The Kier molecular flexibility index (Phi) is 10.1. The molecule has 0 radical (unpaired) electrons. The van der Waals surface area contributed by atoms with Gasteiger partial charge in [0.2, 0.25) is 0 Å². The third-order valence-electron chi connectivity index (χ3n) is 5.59. The van der Waals surface area contributed by atoms with Crippen molar-refractivity contribution in [2.24, 2.45) is 10.9 Å². The first-order valence-corrected chi connectivity index (χ1v) is 10.8. The molecule has 1 saturated heterocycles. The zero-order chi connectivity index (χ0) is 21.1. The van der Waals surface area contributed by atoms with E-state index in [2.05, 4.69) is 36.3 Å². The smallest absolute Gasteiger partial charge is 0.191 e. The molecule has 164 valence electrons. The van der Waals surface area contributed by atoms with Gasteiger partial charge in [0.05, 0.1) is 26.9 Å². The summed E-state index contributed by atoms with van der Waals surface area (Å²) in [5, 5.41) is 16.9. The average molecular weight is 407 g/mol. The van der Waals surface area contributed by atoms with Gasteiger partial charge in [0, 0.05) is 32.2 Å². The number of rotatable bonds is 10. The van der Waals surface area contributed by atoms with Crippen molar-refractivity contribution in [3.63, 3.8) is 0 Å². The number of methoxy groups -OCH3 is 1. The Balaban J connectivity index is 2.04. The van der Waals surface area contributed by atoms with E-state index in [1.165, 1.54) is 12.8 Å². The molecule has 1 fully saturated rings. The molecule has 2 rings (SSSR count). The van der Waals surface area contributed by atoms with Gasteiger partial charge in [0.15, 0.2) is 17.5 Å². The van der Waals surface area contributed by atoms with Crippen LogP contribution in [0.25, 0.3) is 0 Å². The number of benzene rings is 1. The van der Waals surface area contributed by atoms with Crippen LogP contribution in [0, 0.1) is 5.92 Å². The number of phenols is 1. The van der Waals surface area contributed by atoms with E-state index < -0.39 is 0 Å². The number of nitrogens with one attached hydrogen (secondary N) is 2. The highest BCUT2D eigenvalue weighted by Gasteiger charge is 2.27. The Labute approximate surface area is 175 Å². The summed E-state index contributed by atoms with van der Waals surface area (Å²) in [5.41, 5.74) is 0.935. The van der Waals surface area contributed by atoms with Gasteiger partial charge in [0.25, 0.3) is 0 Å². The van der Waals surface area contributed by atoms with Crippen LogP contribution in [-0.2, 0) is 11.3 Å². The number of hydrogen-bond acceptors (Lipinski definition) is 5. The Morgan fingerprint density at radius 3 is 2.52 bits per heavy atom. The SMILES string of the molecule is CCNC(=NCc1ccc(OC)c(O)c1)NCC(C(CC)CC)N1CCOCC1. The van der Waals surface area contributed by atoms with Gasteiger partial charge >= 0.3 is 0 Å². The van der Waals surface area contributed by atoms with Crippen molar-refractivity contribution in [2.45, 2.75) is 46.2 Å². The molecular formula is C22H38N4O3. The molecule has 7 nitrogen and oxygen atoms in total. The zero-order valence-corrected chi connectivity index (χ0v) is 18.4. The molecule has 1 aliphatic heterocycles. The van der Waals surface area contributed by atoms with E-state index in [9.17, 15) is 5.11 Å². The number of phenolic OH excluding ortho intramolecular Hbond substituents is 1. The molecule has 1 heterocycles. The molecule has 0 saturated carbocycles. The lowest BCUT2D eigenvalue weighted by atomic mass is 9.92. The molecule has 1 aromatic rings. The van der Waals surface area contributed by atoms with Crippen LogP contribution in [0.1, 0.15) is 39.2 Å². The van der Waals surface area contributed by atoms with Gasteiger partial charge in [-0.05, 0) is 30.5 Å². The molecule has 0 spiro atoms. The van der Waals surface area contributed by atoms with Crippen LogP contribution in [0.4, 0.5) is 0 Å². The third kappa shape index (κ3) is 7.08.